The molecule has 0 radical (unpaired) electrons. The van der Waals surface area contributed by atoms with E-state index in [1.54, 1.807) is 5.56 Å². The van der Waals surface area contributed by atoms with Gasteiger partial charge in [0.1, 0.15) is 0 Å². The Morgan fingerprint density at radius 3 is 2.43 bits per heavy atom. The quantitative estimate of drug-likeness (QED) is 0.389. The summed E-state index contributed by atoms with van der Waals surface area (Å²) in [5.74, 6) is 1.39. The molecule has 2 aliphatic rings. The Hall–Kier alpha value is -2.34. The SMILES string of the molecule is C=CC1CCC(c2ccc3c4c(cccc24)C(C)(C)c2cc(CCC)ccc2-3)CC1. The molecule has 1 fully saturated rings. The van der Waals surface area contributed by atoms with Crippen LogP contribution in [0.4, 0.5) is 0 Å². The molecule has 0 spiro atoms. The van der Waals surface area contributed by atoms with Gasteiger partial charge >= 0.3 is 0 Å². The van der Waals surface area contributed by atoms with Crippen LogP contribution in [0.25, 0.3) is 21.9 Å². The Morgan fingerprint density at radius 1 is 0.933 bits per heavy atom. The van der Waals surface area contributed by atoms with Gasteiger partial charge in [0.25, 0.3) is 0 Å². The average Bonchev–Trinajstić information content (AvgIpc) is 2.77. The van der Waals surface area contributed by atoms with Crippen LogP contribution in [0.3, 0.4) is 0 Å². The van der Waals surface area contributed by atoms with Crippen LogP contribution >= 0.6 is 0 Å². The maximum Gasteiger partial charge on any atom is 0.0159 e. The van der Waals surface area contributed by atoms with Crippen molar-refractivity contribution in [3.8, 4) is 11.1 Å². The van der Waals surface area contributed by atoms with Crippen LogP contribution < -0.4 is 0 Å². The van der Waals surface area contributed by atoms with E-state index in [-0.39, 0.29) is 5.41 Å². The van der Waals surface area contributed by atoms with Crippen LogP contribution in [-0.2, 0) is 11.8 Å². The topological polar surface area (TPSA) is 0 Å². The standard InChI is InChI=1S/C30H34/c1-5-8-21-13-16-24-26-18-17-23(22-14-11-20(6-2)12-15-22)25-9-7-10-27(29(25)26)30(3,4)28(24)19-21/h6-7,9-10,13,16-20,22H,2,5,8,11-12,14-15H2,1,3-4H3. The summed E-state index contributed by atoms with van der Waals surface area (Å²) in [6.45, 7) is 11.1. The number of hydrogen-bond acceptors (Lipinski definition) is 0. The summed E-state index contributed by atoms with van der Waals surface area (Å²) in [5, 5.41) is 2.99. The van der Waals surface area contributed by atoms with Gasteiger partial charge in [0.05, 0.1) is 0 Å². The molecule has 1 saturated carbocycles. The summed E-state index contributed by atoms with van der Waals surface area (Å²) in [6.07, 6.45) is 9.67. The molecule has 5 rings (SSSR count). The van der Waals surface area contributed by atoms with Gasteiger partial charge in [0.15, 0.2) is 0 Å². The van der Waals surface area contributed by atoms with E-state index in [1.807, 2.05) is 0 Å². The van der Waals surface area contributed by atoms with Gasteiger partial charge in [-0.25, -0.2) is 0 Å². The zero-order valence-electron chi connectivity index (χ0n) is 18.8. The zero-order valence-corrected chi connectivity index (χ0v) is 18.8. The first-order chi connectivity index (χ1) is 14.5. The molecule has 3 aromatic rings. The highest BCUT2D eigenvalue weighted by Crippen LogP contribution is 2.51. The van der Waals surface area contributed by atoms with Crippen molar-refractivity contribution in [2.24, 2.45) is 5.92 Å². The second-order valence-electron chi connectivity index (χ2n) is 10.0. The first kappa shape index (κ1) is 19.6. The number of hydrogen-bond donors (Lipinski definition) is 0. The molecule has 0 nitrogen and oxygen atoms in total. The fourth-order valence-electron chi connectivity index (χ4n) is 6.13. The van der Waals surface area contributed by atoms with Crippen molar-refractivity contribution in [1.82, 2.24) is 0 Å². The number of benzene rings is 3. The molecule has 2 aliphatic carbocycles. The lowest BCUT2D eigenvalue weighted by Gasteiger charge is -2.36. The summed E-state index contributed by atoms with van der Waals surface area (Å²) in [4.78, 5) is 0. The smallest absolute Gasteiger partial charge is 0.0159 e. The lowest BCUT2D eigenvalue weighted by Crippen LogP contribution is -2.24. The summed E-state index contributed by atoms with van der Waals surface area (Å²) < 4.78 is 0. The Kier molecular flexibility index (Phi) is 4.85. The van der Waals surface area contributed by atoms with Crippen LogP contribution in [-0.4, -0.2) is 0 Å². The van der Waals surface area contributed by atoms with Crippen LogP contribution in [0.2, 0.25) is 0 Å². The van der Waals surface area contributed by atoms with Gasteiger partial charge in [-0.3, -0.25) is 0 Å². The zero-order chi connectivity index (χ0) is 20.9. The van der Waals surface area contributed by atoms with Crippen LogP contribution in [0, 0.1) is 5.92 Å². The Bertz CT molecular complexity index is 1110. The minimum atomic E-state index is 0.0325. The van der Waals surface area contributed by atoms with Gasteiger partial charge < -0.3 is 0 Å². The Balaban J connectivity index is 1.69. The number of allylic oxidation sites excluding steroid dienone is 1. The minimum Gasteiger partial charge on any atom is -0.103 e. The van der Waals surface area contributed by atoms with Crippen molar-refractivity contribution in [3.63, 3.8) is 0 Å². The fourth-order valence-corrected chi connectivity index (χ4v) is 6.13. The van der Waals surface area contributed by atoms with E-state index in [0.29, 0.717) is 11.8 Å². The van der Waals surface area contributed by atoms with Gasteiger partial charge in [-0.05, 0) is 88.1 Å². The van der Waals surface area contributed by atoms with E-state index in [0.717, 1.165) is 6.42 Å². The summed E-state index contributed by atoms with van der Waals surface area (Å²) in [5.41, 5.74) is 8.93. The Labute approximate surface area is 182 Å². The molecule has 3 aromatic carbocycles. The minimum absolute atomic E-state index is 0.0325. The first-order valence-electron chi connectivity index (χ1n) is 11.9. The number of rotatable bonds is 4. The van der Waals surface area contributed by atoms with Crippen molar-refractivity contribution in [2.75, 3.05) is 0 Å². The van der Waals surface area contributed by atoms with Gasteiger partial charge in [0.2, 0.25) is 0 Å². The predicted molar refractivity (Wildman–Crippen MR) is 130 cm³/mol. The molecular formula is C30H34. The maximum absolute atomic E-state index is 4.03. The normalized spacial score (nSPS) is 22.0. The van der Waals surface area contributed by atoms with Gasteiger partial charge in [-0.15, -0.1) is 6.58 Å². The van der Waals surface area contributed by atoms with Gasteiger partial charge in [-0.1, -0.05) is 81.8 Å². The summed E-state index contributed by atoms with van der Waals surface area (Å²) in [6, 6.07) is 19.1. The molecule has 0 unspecified atom stereocenters. The van der Waals surface area contributed by atoms with E-state index in [4.69, 9.17) is 0 Å². The third-order valence-electron chi connectivity index (χ3n) is 7.88. The van der Waals surface area contributed by atoms with Crippen LogP contribution in [0.15, 0.2) is 61.2 Å². The molecule has 0 heteroatoms. The van der Waals surface area contributed by atoms with E-state index in [2.05, 4.69) is 82.0 Å². The molecule has 0 N–H and O–H groups in total. The molecule has 0 amide bonds. The van der Waals surface area contributed by atoms with Crippen molar-refractivity contribution in [3.05, 3.63) is 83.4 Å². The molecule has 154 valence electrons. The lowest BCUT2D eigenvalue weighted by atomic mass is 9.67. The third-order valence-corrected chi connectivity index (χ3v) is 7.88. The van der Waals surface area contributed by atoms with E-state index in [1.165, 1.54) is 70.7 Å². The van der Waals surface area contributed by atoms with Crippen molar-refractivity contribution < 1.29 is 0 Å². The van der Waals surface area contributed by atoms with Crippen molar-refractivity contribution >= 4 is 10.8 Å². The molecular weight excluding hydrogens is 360 g/mol. The molecule has 0 aliphatic heterocycles. The molecule has 0 bridgehead atoms. The van der Waals surface area contributed by atoms with E-state index in [9.17, 15) is 0 Å². The maximum atomic E-state index is 4.03. The van der Waals surface area contributed by atoms with Crippen LogP contribution in [0.1, 0.15) is 81.0 Å². The van der Waals surface area contributed by atoms with E-state index < -0.39 is 0 Å². The van der Waals surface area contributed by atoms with E-state index >= 15 is 0 Å². The van der Waals surface area contributed by atoms with Crippen LogP contribution in [0.5, 0.6) is 0 Å². The molecule has 0 aromatic heterocycles. The van der Waals surface area contributed by atoms with Gasteiger partial charge in [-0.2, -0.15) is 0 Å². The third kappa shape index (κ3) is 2.96. The van der Waals surface area contributed by atoms with Crippen molar-refractivity contribution in [2.45, 2.75) is 70.6 Å². The van der Waals surface area contributed by atoms with Crippen molar-refractivity contribution in [1.29, 1.82) is 0 Å². The predicted octanol–water partition coefficient (Wildman–Crippen LogP) is 8.56. The molecule has 30 heavy (non-hydrogen) atoms. The second-order valence-corrected chi connectivity index (χ2v) is 10.0. The largest absolute Gasteiger partial charge is 0.103 e. The highest BCUT2D eigenvalue weighted by Gasteiger charge is 2.34. The fraction of sp³-hybridized carbons (Fsp3) is 0.400. The monoisotopic (exact) mass is 394 g/mol. The summed E-state index contributed by atoms with van der Waals surface area (Å²) >= 11 is 0. The molecule has 0 atom stereocenters. The molecule has 0 heterocycles. The number of aryl methyl sites for hydroxylation is 1. The lowest BCUT2D eigenvalue weighted by molar-refractivity contribution is 0.377. The number of fused-ring (bicyclic) bond motifs is 2. The molecule has 0 saturated heterocycles. The second kappa shape index (κ2) is 7.41. The van der Waals surface area contributed by atoms with Gasteiger partial charge in [0, 0.05) is 5.41 Å². The highest BCUT2D eigenvalue weighted by molar-refractivity contribution is 6.04. The average molecular weight is 395 g/mol. The summed E-state index contributed by atoms with van der Waals surface area (Å²) in [7, 11) is 0. The first-order valence-corrected chi connectivity index (χ1v) is 11.9. The Morgan fingerprint density at radius 2 is 1.70 bits per heavy atom. The highest BCUT2D eigenvalue weighted by atomic mass is 14.4.